The Morgan fingerprint density at radius 2 is 2.14 bits per heavy atom. The molecule has 22 heavy (non-hydrogen) atoms. The van der Waals surface area contributed by atoms with Crippen LogP contribution in [0.1, 0.15) is 30.5 Å². The molecule has 1 aromatic rings. The van der Waals surface area contributed by atoms with Crippen LogP contribution in [0.5, 0.6) is 0 Å². The molecule has 0 radical (unpaired) electrons. The monoisotopic (exact) mass is 309 g/mol. The molecule has 0 aromatic heterocycles. The van der Waals surface area contributed by atoms with Gasteiger partial charge < -0.3 is 0 Å². The highest BCUT2D eigenvalue weighted by molar-refractivity contribution is 5.85. The summed E-state index contributed by atoms with van der Waals surface area (Å²) in [5, 5.41) is 11.8. The van der Waals surface area contributed by atoms with E-state index in [1.807, 2.05) is 6.07 Å². The average Bonchev–Trinajstić information content (AvgIpc) is 2.98. The lowest BCUT2D eigenvalue weighted by Gasteiger charge is -2.26. The largest absolute Gasteiger partial charge is 0.272 e. The standard InChI is InChI=1S/C15H14F3N3O/c1-15(13(17)18)8-20-3-2-12(21(20)14(15)22)10-4-9(7-19)5-11(16)6-10/h4-6,12-13H,2-3,8H2,1H3/t12-,15?/m0/s1. The maximum Gasteiger partial charge on any atom is 0.254 e. The smallest absolute Gasteiger partial charge is 0.254 e. The van der Waals surface area contributed by atoms with Gasteiger partial charge in [0.1, 0.15) is 11.2 Å². The van der Waals surface area contributed by atoms with Crippen molar-refractivity contribution in [1.29, 1.82) is 5.26 Å². The van der Waals surface area contributed by atoms with E-state index in [9.17, 15) is 18.0 Å². The fourth-order valence-electron chi connectivity index (χ4n) is 3.17. The molecule has 2 fully saturated rings. The third-order valence-corrected chi connectivity index (χ3v) is 4.38. The quantitative estimate of drug-likeness (QED) is 0.843. The second-order valence-electron chi connectivity index (χ2n) is 5.95. The molecule has 1 aromatic carbocycles. The summed E-state index contributed by atoms with van der Waals surface area (Å²) < 4.78 is 40.0. The number of hydrogen-bond acceptors (Lipinski definition) is 3. The van der Waals surface area contributed by atoms with Gasteiger partial charge in [0, 0.05) is 13.1 Å². The normalized spacial score (nSPS) is 28.3. The Balaban J connectivity index is 1.97. The van der Waals surface area contributed by atoms with Crippen molar-refractivity contribution in [3.05, 3.63) is 35.1 Å². The van der Waals surface area contributed by atoms with Crippen molar-refractivity contribution >= 4 is 5.91 Å². The Morgan fingerprint density at radius 3 is 2.77 bits per heavy atom. The van der Waals surface area contributed by atoms with E-state index >= 15 is 0 Å². The fraction of sp³-hybridized carbons (Fsp3) is 0.467. The number of carbonyl (C=O) groups is 1. The van der Waals surface area contributed by atoms with Gasteiger partial charge in [-0.25, -0.2) is 18.2 Å². The van der Waals surface area contributed by atoms with Crippen LogP contribution in [0.15, 0.2) is 18.2 Å². The van der Waals surface area contributed by atoms with E-state index in [1.165, 1.54) is 24.1 Å². The highest BCUT2D eigenvalue weighted by atomic mass is 19.3. The molecule has 0 aliphatic carbocycles. The van der Waals surface area contributed by atoms with Crippen LogP contribution in [-0.4, -0.2) is 35.4 Å². The van der Waals surface area contributed by atoms with Crippen LogP contribution in [0.4, 0.5) is 13.2 Å². The Morgan fingerprint density at radius 1 is 1.41 bits per heavy atom. The molecule has 2 aliphatic heterocycles. The van der Waals surface area contributed by atoms with Gasteiger partial charge in [0.2, 0.25) is 0 Å². The average molecular weight is 309 g/mol. The fourth-order valence-corrected chi connectivity index (χ4v) is 3.17. The maximum absolute atomic E-state index is 13.6. The van der Waals surface area contributed by atoms with Crippen molar-refractivity contribution in [2.24, 2.45) is 5.41 Å². The number of benzene rings is 1. The maximum atomic E-state index is 13.6. The molecule has 3 rings (SSSR count). The molecule has 1 unspecified atom stereocenters. The van der Waals surface area contributed by atoms with E-state index < -0.39 is 29.6 Å². The third-order valence-electron chi connectivity index (χ3n) is 4.38. The second kappa shape index (κ2) is 4.99. The Hall–Kier alpha value is -2.07. The summed E-state index contributed by atoms with van der Waals surface area (Å²) in [6, 6.07) is 5.21. The van der Waals surface area contributed by atoms with Crippen molar-refractivity contribution in [2.75, 3.05) is 13.1 Å². The molecular formula is C15H14F3N3O. The number of nitrogens with zero attached hydrogens (tertiary/aromatic N) is 3. The number of alkyl halides is 2. The summed E-state index contributed by atoms with van der Waals surface area (Å²) in [5.74, 6) is -1.22. The van der Waals surface area contributed by atoms with Crippen LogP contribution in [0.2, 0.25) is 0 Å². The zero-order valence-corrected chi connectivity index (χ0v) is 11.9. The summed E-state index contributed by atoms with van der Waals surface area (Å²) in [6.45, 7) is 1.67. The van der Waals surface area contributed by atoms with Crippen LogP contribution in [-0.2, 0) is 4.79 Å². The van der Waals surface area contributed by atoms with Crippen molar-refractivity contribution in [3.63, 3.8) is 0 Å². The van der Waals surface area contributed by atoms with Crippen LogP contribution >= 0.6 is 0 Å². The molecule has 0 spiro atoms. The van der Waals surface area contributed by atoms with Gasteiger partial charge in [-0.3, -0.25) is 9.80 Å². The third kappa shape index (κ3) is 2.06. The molecule has 2 saturated heterocycles. The minimum Gasteiger partial charge on any atom is -0.272 e. The highest BCUT2D eigenvalue weighted by Gasteiger charge is 2.57. The molecular weight excluding hydrogens is 295 g/mol. The number of halogens is 3. The minimum absolute atomic E-state index is 0.0412. The zero-order chi connectivity index (χ0) is 16.1. The number of amides is 1. The van der Waals surface area contributed by atoms with Crippen LogP contribution in [0.25, 0.3) is 0 Å². The first-order valence-corrected chi connectivity index (χ1v) is 6.94. The lowest BCUT2D eigenvalue weighted by molar-refractivity contribution is -0.147. The summed E-state index contributed by atoms with van der Waals surface area (Å²) in [4.78, 5) is 12.4. The molecule has 0 bridgehead atoms. The summed E-state index contributed by atoms with van der Waals surface area (Å²) in [5.41, 5.74) is -1.12. The molecule has 116 valence electrons. The molecule has 7 heteroatoms. The summed E-state index contributed by atoms with van der Waals surface area (Å²) in [7, 11) is 0. The van der Waals surface area contributed by atoms with Gasteiger partial charge in [0.15, 0.2) is 0 Å². The number of rotatable bonds is 2. The lowest BCUT2D eigenvalue weighted by atomic mass is 9.90. The molecule has 4 nitrogen and oxygen atoms in total. The topological polar surface area (TPSA) is 47.3 Å². The van der Waals surface area contributed by atoms with E-state index in [-0.39, 0.29) is 12.1 Å². The SMILES string of the molecule is CC1(C(F)F)CN2CC[C@@H](c3cc(F)cc(C#N)c3)N2C1=O. The second-order valence-corrected chi connectivity index (χ2v) is 5.95. The van der Waals surface area contributed by atoms with Crippen molar-refractivity contribution in [2.45, 2.75) is 25.8 Å². The van der Waals surface area contributed by atoms with Gasteiger partial charge >= 0.3 is 0 Å². The van der Waals surface area contributed by atoms with Crippen molar-refractivity contribution < 1.29 is 18.0 Å². The molecule has 2 heterocycles. The van der Waals surface area contributed by atoms with Gasteiger partial charge in [0.05, 0.1) is 17.7 Å². The van der Waals surface area contributed by atoms with Gasteiger partial charge in [-0.15, -0.1) is 0 Å². The minimum atomic E-state index is -2.76. The molecule has 0 N–H and O–H groups in total. The number of carbonyl (C=O) groups excluding carboxylic acids is 1. The predicted octanol–water partition coefficient (Wildman–Crippen LogP) is 2.47. The number of hydrogen-bond donors (Lipinski definition) is 0. The molecule has 2 atom stereocenters. The first-order valence-electron chi connectivity index (χ1n) is 6.94. The van der Waals surface area contributed by atoms with Crippen LogP contribution in [0, 0.1) is 22.6 Å². The number of fused-ring (bicyclic) bond motifs is 1. The predicted molar refractivity (Wildman–Crippen MR) is 71.0 cm³/mol. The molecule has 0 saturated carbocycles. The Kier molecular flexibility index (Phi) is 3.37. The summed E-state index contributed by atoms with van der Waals surface area (Å²) >= 11 is 0. The van der Waals surface area contributed by atoms with Gasteiger partial charge in [0.25, 0.3) is 12.3 Å². The van der Waals surface area contributed by atoms with E-state index in [0.29, 0.717) is 18.5 Å². The Labute approximate surface area is 125 Å². The highest BCUT2D eigenvalue weighted by Crippen LogP contribution is 2.45. The van der Waals surface area contributed by atoms with E-state index in [1.54, 1.807) is 5.01 Å². The van der Waals surface area contributed by atoms with Crippen LogP contribution < -0.4 is 0 Å². The van der Waals surface area contributed by atoms with Gasteiger partial charge in [-0.05, 0) is 37.1 Å². The Bertz CT molecular complexity index is 672. The van der Waals surface area contributed by atoms with Crippen molar-refractivity contribution in [3.8, 4) is 6.07 Å². The number of hydrazine groups is 1. The molecule has 2 aliphatic rings. The first-order chi connectivity index (χ1) is 10.4. The zero-order valence-electron chi connectivity index (χ0n) is 11.9. The van der Waals surface area contributed by atoms with Crippen LogP contribution in [0.3, 0.4) is 0 Å². The number of nitriles is 1. The lowest BCUT2D eigenvalue weighted by Crippen LogP contribution is -2.39. The van der Waals surface area contributed by atoms with Gasteiger partial charge in [-0.1, -0.05) is 0 Å². The van der Waals surface area contributed by atoms with E-state index in [2.05, 4.69) is 0 Å². The first kappa shape index (κ1) is 14.9. The van der Waals surface area contributed by atoms with E-state index in [0.717, 1.165) is 6.07 Å². The van der Waals surface area contributed by atoms with Crippen molar-refractivity contribution in [1.82, 2.24) is 10.0 Å². The molecule has 1 amide bonds. The van der Waals surface area contributed by atoms with E-state index in [4.69, 9.17) is 5.26 Å². The van der Waals surface area contributed by atoms with Gasteiger partial charge in [-0.2, -0.15) is 5.26 Å². The summed E-state index contributed by atoms with van der Waals surface area (Å²) in [6.07, 6.45) is -2.23.